The summed E-state index contributed by atoms with van der Waals surface area (Å²) in [4.78, 5) is 25.6. The highest BCUT2D eigenvalue weighted by molar-refractivity contribution is 9.10. The van der Waals surface area contributed by atoms with Crippen LogP contribution in [0, 0.1) is 11.3 Å². The van der Waals surface area contributed by atoms with Crippen molar-refractivity contribution in [2.24, 2.45) is 0 Å². The molecule has 0 aromatic heterocycles. The lowest BCUT2D eigenvalue weighted by atomic mass is 10.2. The van der Waals surface area contributed by atoms with Gasteiger partial charge in [0.15, 0.2) is 6.61 Å². The molecule has 0 unspecified atom stereocenters. The summed E-state index contributed by atoms with van der Waals surface area (Å²) < 4.78 is 11.8. The predicted molar refractivity (Wildman–Crippen MR) is 103 cm³/mol. The number of para-hydroxylation sites is 1. The van der Waals surface area contributed by atoms with E-state index in [4.69, 9.17) is 14.7 Å². The molecule has 0 fully saturated rings. The van der Waals surface area contributed by atoms with E-state index in [2.05, 4.69) is 15.9 Å². The van der Waals surface area contributed by atoms with Gasteiger partial charge in [-0.25, -0.2) is 4.79 Å². The molecule has 6 nitrogen and oxygen atoms in total. The van der Waals surface area contributed by atoms with Crippen LogP contribution < -0.4 is 4.74 Å². The topological polar surface area (TPSA) is 79.6 Å². The smallest absolute Gasteiger partial charge is 0.342 e. The molecule has 0 bridgehead atoms. The molecule has 0 saturated heterocycles. The Hall–Kier alpha value is -2.85. The molecule has 0 heterocycles. The number of hydrogen-bond donors (Lipinski definition) is 0. The van der Waals surface area contributed by atoms with Crippen molar-refractivity contribution in [3.05, 3.63) is 64.1 Å². The van der Waals surface area contributed by atoms with Crippen molar-refractivity contribution in [1.29, 1.82) is 5.26 Å². The van der Waals surface area contributed by atoms with Gasteiger partial charge in [-0.05, 0) is 29.8 Å². The van der Waals surface area contributed by atoms with E-state index in [9.17, 15) is 9.59 Å². The summed E-state index contributed by atoms with van der Waals surface area (Å²) in [6.07, 6.45) is 0.225. The zero-order valence-corrected chi connectivity index (χ0v) is 16.4. The van der Waals surface area contributed by atoms with Crippen LogP contribution in [0.15, 0.2) is 53.0 Å². The van der Waals surface area contributed by atoms with Crippen LogP contribution in [0.3, 0.4) is 0 Å². The van der Waals surface area contributed by atoms with Crippen LogP contribution in [0.5, 0.6) is 5.75 Å². The number of nitrogens with zero attached hydrogens (tertiary/aromatic N) is 2. The molecule has 0 N–H and O–H groups in total. The number of likely N-dealkylation sites (N-methyl/N-ethyl adjacent to an activating group) is 1. The zero-order valence-electron chi connectivity index (χ0n) is 14.9. The van der Waals surface area contributed by atoms with Crippen molar-refractivity contribution in [3.8, 4) is 11.8 Å². The van der Waals surface area contributed by atoms with Crippen molar-refractivity contribution in [2.75, 3.05) is 20.2 Å². The van der Waals surface area contributed by atoms with Crippen LogP contribution in [-0.2, 0) is 16.1 Å². The van der Waals surface area contributed by atoms with Crippen LogP contribution in [0.4, 0.5) is 0 Å². The minimum atomic E-state index is -0.637. The average Bonchev–Trinajstić information content (AvgIpc) is 2.68. The maximum absolute atomic E-state index is 12.3. The summed E-state index contributed by atoms with van der Waals surface area (Å²) in [7, 11) is 1.56. The fraction of sp³-hybridized carbons (Fsp3) is 0.250. The number of nitriles is 1. The number of halogens is 1. The molecular weight excluding hydrogens is 412 g/mol. The monoisotopic (exact) mass is 430 g/mol. The molecule has 2 aromatic rings. The highest BCUT2D eigenvalue weighted by Crippen LogP contribution is 2.21. The van der Waals surface area contributed by atoms with E-state index in [1.54, 1.807) is 31.3 Å². The maximum Gasteiger partial charge on any atom is 0.342 e. The molecule has 0 aliphatic rings. The van der Waals surface area contributed by atoms with Gasteiger partial charge in [0, 0.05) is 18.1 Å². The zero-order chi connectivity index (χ0) is 19.6. The highest BCUT2D eigenvalue weighted by Gasteiger charge is 2.17. The minimum absolute atomic E-state index is 0.225. The van der Waals surface area contributed by atoms with Crippen molar-refractivity contribution in [1.82, 2.24) is 4.90 Å². The SMILES string of the molecule is CN(CCC#N)C(=O)COC(=O)c1ccccc1OCc1cccc(Br)c1. The normalized spacial score (nSPS) is 9.96. The van der Waals surface area contributed by atoms with Crippen LogP contribution >= 0.6 is 15.9 Å². The Kier molecular flexibility index (Phi) is 7.83. The summed E-state index contributed by atoms with van der Waals surface area (Å²) in [5.41, 5.74) is 1.20. The Morgan fingerprint density at radius 3 is 2.70 bits per heavy atom. The lowest BCUT2D eigenvalue weighted by molar-refractivity contribution is -0.133. The van der Waals surface area contributed by atoms with Crippen molar-refractivity contribution < 1.29 is 19.1 Å². The fourth-order valence-corrected chi connectivity index (χ4v) is 2.65. The summed E-state index contributed by atoms with van der Waals surface area (Å²) in [6.45, 7) is 0.194. The molecule has 0 saturated carbocycles. The summed E-state index contributed by atoms with van der Waals surface area (Å²) in [5.74, 6) is -0.624. The van der Waals surface area contributed by atoms with Gasteiger partial charge in [-0.2, -0.15) is 5.26 Å². The lowest BCUT2D eigenvalue weighted by Crippen LogP contribution is -2.32. The molecular formula is C20H19BrN2O4. The first kappa shape index (κ1) is 20.5. The van der Waals surface area contributed by atoms with E-state index < -0.39 is 5.97 Å². The Bertz CT molecular complexity index is 848. The lowest BCUT2D eigenvalue weighted by Gasteiger charge is -2.16. The van der Waals surface area contributed by atoms with Gasteiger partial charge < -0.3 is 14.4 Å². The number of rotatable bonds is 8. The summed E-state index contributed by atoms with van der Waals surface area (Å²) in [5, 5.41) is 8.55. The summed E-state index contributed by atoms with van der Waals surface area (Å²) >= 11 is 3.40. The number of carbonyl (C=O) groups excluding carboxylic acids is 2. The van der Waals surface area contributed by atoms with E-state index in [1.165, 1.54) is 4.90 Å². The quantitative estimate of drug-likeness (QED) is 0.598. The molecule has 7 heteroatoms. The molecule has 27 heavy (non-hydrogen) atoms. The number of carbonyl (C=O) groups is 2. The van der Waals surface area contributed by atoms with Gasteiger partial charge in [-0.3, -0.25) is 4.79 Å². The second-order valence-electron chi connectivity index (χ2n) is 5.71. The number of esters is 1. The molecule has 0 atom stereocenters. The molecule has 2 rings (SSSR count). The van der Waals surface area contributed by atoms with Gasteiger partial charge >= 0.3 is 5.97 Å². The van der Waals surface area contributed by atoms with E-state index in [-0.39, 0.29) is 24.5 Å². The van der Waals surface area contributed by atoms with Crippen LogP contribution in [0.2, 0.25) is 0 Å². The Labute approximate surface area is 166 Å². The fourth-order valence-electron chi connectivity index (χ4n) is 2.21. The third-order valence-electron chi connectivity index (χ3n) is 3.70. The molecule has 0 radical (unpaired) electrons. The molecule has 140 valence electrons. The number of ether oxygens (including phenoxy) is 2. The van der Waals surface area contributed by atoms with Gasteiger partial charge in [0.25, 0.3) is 5.91 Å². The first-order valence-corrected chi connectivity index (χ1v) is 9.05. The molecule has 0 aliphatic heterocycles. The molecule has 0 aliphatic carbocycles. The van der Waals surface area contributed by atoms with Gasteiger partial charge in [0.2, 0.25) is 0 Å². The molecule has 0 spiro atoms. The van der Waals surface area contributed by atoms with Gasteiger partial charge in [0.1, 0.15) is 17.9 Å². The largest absolute Gasteiger partial charge is 0.488 e. The number of hydrogen-bond acceptors (Lipinski definition) is 5. The minimum Gasteiger partial charge on any atom is -0.488 e. The van der Waals surface area contributed by atoms with Crippen molar-refractivity contribution in [2.45, 2.75) is 13.0 Å². The highest BCUT2D eigenvalue weighted by atomic mass is 79.9. The molecule has 1 amide bonds. The number of benzene rings is 2. The maximum atomic E-state index is 12.3. The summed E-state index contributed by atoms with van der Waals surface area (Å²) in [6, 6.07) is 16.3. The standard InChI is InChI=1S/C20H19BrN2O4/c1-23(11-5-10-22)19(24)14-27-20(25)17-8-2-3-9-18(17)26-13-15-6-4-7-16(21)12-15/h2-4,6-9,12H,5,11,13-14H2,1H3. The van der Waals surface area contributed by atoms with Gasteiger partial charge in [-0.1, -0.05) is 40.2 Å². The van der Waals surface area contributed by atoms with Crippen LogP contribution in [0.1, 0.15) is 22.3 Å². The van der Waals surface area contributed by atoms with E-state index in [1.807, 2.05) is 30.3 Å². The first-order chi connectivity index (χ1) is 13.0. The van der Waals surface area contributed by atoms with Crippen LogP contribution in [-0.4, -0.2) is 37.0 Å². The molecule has 2 aromatic carbocycles. The Balaban J connectivity index is 1.96. The van der Waals surface area contributed by atoms with Gasteiger partial charge in [-0.15, -0.1) is 0 Å². The third-order valence-corrected chi connectivity index (χ3v) is 4.20. The third kappa shape index (κ3) is 6.42. The van der Waals surface area contributed by atoms with E-state index in [0.29, 0.717) is 18.9 Å². The van der Waals surface area contributed by atoms with Crippen LogP contribution in [0.25, 0.3) is 0 Å². The van der Waals surface area contributed by atoms with E-state index >= 15 is 0 Å². The van der Waals surface area contributed by atoms with Gasteiger partial charge in [0.05, 0.1) is 12.5 Å². The Morgan fingerprint density at radius 2 is 1.96 bits per heavy atom. The Morgan fingerprint density at radius 1 is 1.19 bits per heavy atom. The van der Waals surface area contributed by atoms with Crippen molar-refractivity contribution in [3.63, 3.8) is 0 Å². The first-order valence-electron chi connectivity index (χ1n) is 8.25. The predicted octanol–water partition coefficient (Wildman–Crippen LogP) is 3.56. The van der Waals surface area contributed by atoms with Crippen molar-refractivity contribution >= 4 is 27.8 Å². The second-order valence-corrected chi connectivity index (χ2v) is 6.63. The second kappa shape index (κ2) is 10.3. The number of amides is 1. The van der Waals surface area contributed by atoms with E-state index in [0.717, 1.165) is 10.0 Å². The average molecular weight is 431 g/mol.